The van der Waals surface area contributed by atoms with E-state index in [1.165, 1.54) is 18.2 Å². The Morgan fingerprint density at radius 2 is 1.35 bits per heavy atom. The van der Waals surface area contributed by atoms with Crippen LogP contribution >= 0.6 is 0 Å². The Bertz CT molecular complexity index is 1290. The van der Waals surface area contributed by atoms with Crippen LogP contribution < -0.4 is 9.64 Å². The minimum absolute atomic E-state index is 0.162. The van der Waals surface area contributed by atoms with E-state index in [0.29, 0.717) is 29.2 Å². The van der Waals surface area contributed by atoms with Crippen LogP contribution in [0.4, 0.5) is 58.4 Å². The minimum Gasteiger partial charge on any atom is -0.466 e. The Hall–Kier alpha value is -3.62. The highest BCUT2D eigenvalue weighted by molar-refractivity contribution is 5.49. The number of halogens is 12. The number of ether oxygens (including phenoxy) is 1. The molecule has 0 heterocycles. The van der Waals surface area contributed by atoms with Crippen molar-refractivity contribution in [3.05, 3.63) is 95.3 Å². The lowest BCUT2D eigenvalue weighted by Crippen LogP contribution is -2.44. The third kappa shape index (κ3) is 6.92. The molecule has 0 fully saturated rings. The summed E-state index contributed by atoms with van der Waals surface area (Å²) in [7, 11) is 0. The number of hydrogen-bond donors (Lipinski definition) is 1. The fraction of sp³-hybridized carbons (Fsp3) is 0.280. The number of benzene rings is 3. The average Bonchev–Trinajstić information content (AvgIpc) is 2.85. The topological polar surface area (TPSA) is 32.7 Å². The number of anilines is 1. The maximum Gasteiger partial charge on any atom is 0.458 e. The summed E-state index contributed by atoms with van der Waals surface area (Å²) in [5.41, 5.74) is -4.45. The SMILES string of the molecule is OC(CN(c1ccccc1)C(Oc1cccc(C(F)(F)C(F)(F)F)c1)c1cc(C(F)(F)F)ccc1F)C(F)(F)F. The van der Waals surface area contributed by atoms with Gasteiger partial charge in [-0.3, -0.25) is 0 Å². The van der Waals surface area contributed by atoms with Crippen molar-refractivity contribution < 1.29 is 62.5 Å². The van der Waals surface area contributed by atoms with Gasteiger partial charge in [0, 0.05) is 16.8 Å². The molecule has 0 saturated carbocycles. The van der Waals surface area contributed by atoms with Gasteiger partial charge in [-0.2, -0.15) is 48.3 Å². The third-order valence-electron chi connectivity index (χ3n) is 5.51. The first-order valence-electron chi connectivity index (χ1n) is 11.0. The third-order valence-corrected chi connectivity index (χ3v) is 5.51. The first-order chi connectivity index (χ1) is 18.3. The maximum absolute atomic E-state index is 15.0. The number of aliphatic hydroxyl groups is 1. The first kappa shape index (κ1) is 30.9. The second kappa shape index (κ2) is 11.1. The molecule has 2 atom stereocenters. The predicted octanol–water partition coefficient (Wildman–Crippen LogP) is 8.01. The summed E-state index contributed by atoms with van der Waals surface area (Å²) in [5.74, 6) is -7.75. The summed E-state index contributed by atoms with van der Waals surface area (Å²) < 4.78 is 167. The van der Waals surface area contributed by atoms with E-state index in [4.69, 9.17) is 4.74 Å². The zero-order chi connectivity index (χ0) is 30.1. The first-order valence-corrected chi connectivity index (χ1v) is 11.0. The fourth-order valence-corrected chi connectivity index (χ4v) is 3.51. The molecule has 0 amide bonds. The standard InChI is InChI=1S/C25H17F12NO2/c26-19-10-9-15(23(29,30)31)12-18(19)21(38(13-20(39)24(32,33)34)16-6-2-1-3-7-16)40-17-8-4-5-14(11-17)22(27,28)25(35,36)37/h1-12,20-21,39H,13H2. The summed E-state index contributed by atoms with van der Waals surface area (Å²) in [6, 6.07) is 8.99. The molecule has 0 radical (unpaired) electrons. The van der Waals surface area contributed by atoms with E-state index < -0.39 is 71.6 Å². The Kier molecular flexibility index (Phi) is 8.58. The number of aliphatic hydroxyl groups excluding tert-OH is 1. The van der Waals surface area contributed by atoms with Gasteiger partial charge in [0.15, 0.2) is 6.10 Å². The molecule has 0 aromatic heterocycles. The van der Waals surface area contributed by atoms with Crippen molar-refractivity contribution in [3.63, 3.8) is 0 Å². The molecule has 15 heteroatoms. The van der Waals surface area contributed by atoms with E-state index in [1.54, 1.807) is 0 Å². The molecule has 3 nitrogen and oxygen atoms in total. The van der Waals surface area contributed by atoms with Gasteiger partial charge in [0.25, 0.3) is 0 Å². The number of hydrogen-bond acceptors (Lipinski definition) is 3. The number of nitrogens with zero attached hydrogens (tertiary/aromatic N) is 1. The number of alkyl halides is 11. The van der Waals surface area contributed by atoms with Gasteiger partial charge < -0.3 is 14.7 Å². The molecule has 218 valence electrons. The van der Waals surface area contributed by atoms with Crippen LogP contribution in [0.25, 0.3) is 0 Å². The lowest BCUT2D eigenvalue weighted by molar-refractivity contribution is -0.289. The second-order valence-corrected chi connectivity index (χ2v) is 8.35. The predicted molar refractivity (Wildman–Crippen MR) is 117 cm³/mol. The Labute approximate surface area is 218 Å². The lowest BCUT2D eigenvalue weighted by Gasteiger charge is -2.36. The molecule has 1 N–H and O–H groups in total. The zero-order valence-electron chi connectivity index (χ0n) is 19.6. The quantitative estimate of drug-likeness (QED) is 0.213. The largest absolute Gasteiger partial charge is 0.466 e. The van der Waals surface area contributed by atoms with Crippen molar-refractivity contribution in [1.29, 1.82) is 0 Å². The van der Waals surface area contributed by atoms with Crippen molar-refractivity contribution in [3.8, 4) is 5.75 Å². The molecule has 0 saturated heterocycles. The van der Waals surface area contributed by atoms with E-state index in [2.05, 4.69) is 0 Å². The second-order valence-electron chi connectivity index (χ2n) is 8.35. The van der Waals surface area contributed by atoms with Crippen LogP contribution in [0.15, 0.2) is 72.8 Å². The van der Waals surface area contributed by atoms with Crippen molar-refractivity contribution in [2.24, 2.45) is 0 Å². The van der Waals surface area contributed by atoms with Gasteiger partial charge in [0.2, 0.25) is 6.23 Å². The Morgan fingerprint density at radius 3 is 1.90 bits per heavy atom. The average molecular weight is 591 g/mol. The monoisotopic (exact) mass is 591 g/mol. The zero-order valence-corrected chi connectivity index (χ0v) is 19.6. The highest BCUT2D eigenvalue weighted by Crippen LogP contribution is 2.45. The van der Waals surface area contributed by atoms with Crippen molar-refractivity contribution in [1.82, 2.24) is 0 Å². The van der Waals surface area contributed by atoms with E-state index in [-0.39, 0.29) is 17.8 Å². The van der Waals surface area contributed by atoms with Crippen LogP contribution in [-0.2, 0) is 12.1 Å². The summed E-state index contributed by atoms with van der Waals surface area (Å²) >= 11 is 0. The Balaban J connectivity index is 2.23. The fourth-order valence-electron chi connectivity index (χ4n) is 3.51. The normalized spacial score (nSPS) is 14.5. The van der Waals surface area contributed by atoms with E-state index in [9.17, 15) is 57.8 Å². The summed E-state index contributed by atoms with van der Waals surface area (Å²) in [5, 5.41) is 9.75. The van der Waals surface area contributed by atoms with Crippen LogP contribution in [0.1, 0.15) is 22.9 Å². The smallest absolute Gasteiger partial charge is 0.458 e. The van der Waals surface area contributed by atoms with Gasteiger partial charge in [0.1, 0.15) is 11.6 Å². The van der Waals surface area contributed by atoms with E-state index >= 15 is 0 Å². The molecule has 3 aromatic rings. The van der Waals surface area contributed by atoms with Crippen LogP contribution in [0.2, 0.25) is 0 Å². The van der Waals surface area contributed by atoms with Crippen LogP contribution in [0, 0.1) is 5.82 Å². The Morgan fingerprint density at radius 1 is 0.725 bits per heavy atom. The van der Waals surface area contributed by atoms with Crippen LogP contribution in [0.3, 0.4) is 0 Å². The summed E-state index contributed by atoms with van der Waals surface area (Å²) in [6.45, 7) is -1.47. The minimum atomic E-state index is -6.06. The van der Waals surface area contributed by atoms with Crippen molar-refractivity contribution in [2.45, 2.75) is 36.8 Å². The molecule has 3 aromatic carbocycles. The summed E-state index contributed by atoms with van der Waals surface area (Å²) in [4.78, 5) is 0.491. The molecule has 0 aliphatic rings. The highest BCUT2D eigenvalue weighted by Gasteiger charge is 2.58. The molecule has 3 rings (SSSR count). The highest BCUT2D eigenvalue weighted by atomic mass is 19.4. The van der Waals surface area contributed by atoms with Gasteiger partial charge >= 0.3 is 24.5 Å². The molecular formula is C25H17F12NO2. The van der Waals surface area contributed by atoms with Gasteiger partial charge in [0.05, 0.1) is 12.1 Å². The van der Waals surface area contributed by atoms with Crippen molar-refractivity contribution >= 4 is 5.69 Å². The lowest BCUT2D eigenvalue weighted by atomic mass is 10.1. The molecule has 40 heavy (non-hydrogen) atoms. The summed E-state index contributed by atoms with van der Waals surface area (Å²) in [6.07, 6.45) is -21.9. The molecule has 0 aliphatic carbocycles. The number of para-hydroxylation sites is 1. The maximum atomic E-state index is 15.0. The van der Waals surface area contributed by atoms with Crippen molar-refractivity contribution in [2.75, 3.05) is 11.4 Å². The van der Waals surface area contributed by atoms with Gasteiger partial charge in [-0.1, -0.05) is 30.3 Å². The van der Waals surface area contributed by atoms with Gasteiger partial charge in [-0.15, -0.1) is 0 Å². The van der Waals surface area contributed by atoms with E-state index in [1.807, 2.05) is 0 Å². The van der Waals surface area contributed by atoms with Gasteiger partial charge in [-0.05, 0) is 42.5 Å². The van der Waals surface area contributed by atoms with Crippen LogP contribution in [0.5, 0.6) is 5.75 Å². The molecule has 0 aliphatic heterocycles. The number of rotatable bonds is 8. The van der Waals surface area contributed by atoms with E-state index in [0.717, 1.165) is 18.2 Å². The molecule has 2 unspecified atom stereocenters. The molecular weight excluding hydrogens is 574 g/mol. The molecule has 0 spiro atoms. The molecule has 0 bridgehead atoms. The van der Waals surface area contributed by atoms with Gasteiger partial charge in [-0.25, -0.2) is 4.39 Å². The van der Waals surface area contributed by atoms with Crippen LogP contribution in [-0.4, -0.2) is 30.1 Å².